The topological polar surface area (TPSA) is 0 Å². The Morgan fingerprint density at radius 2 is 1.75 bits per heavy atom. The molecule has 0 aromatic heterocycles. The highest BCUT2D eigenvalue weighted by Crippen LogP contribution is 2.01. The Kier molecular flexibility index (Phi) is 3.35. The first-order chi connectivity index (χ1) is 7.84. The number of hydrogen-bond donors (Lipinski definition) is 0. The summed E-state index contributed by atoms with van der Waals surface area (Å²) in [5.41, 5.74) is 1.76. The second-order valence-corrected chi connectivity index (χ2v) is 3.29. The van der Waals surface area contributed by atoms with Crippen LogP contribution in [0.25, 0.3) is 0 Å². The molecular weight excluding hydrogens is 199 g/mol. The molecule has 0 saturated heterocycles. The number of rotatable bonds is 1. The summed E-state index contributed by atoms with van der Waals surface area (Å²) in [7, 11) is 0. The molecule has 0 aliphatic rings. The third kappa shape index (κ3) is 2.96. The zero-order chi connectivity index (χ0) is 11.2. The van der Waals surface area contributed by atoms with Gasteiger partial charge in [0.15, 0.2) is 0 Å². The molecule has 0 heterocycles. The molecule has 0 aliphatic heterocycles. The molecule has 0 nitrogen and oxygen atoms in total. The van der Waals surface area contributed by atoms with Crippen molar-refractivity contribution in [2.45, 2.75) is 6.42 Å². The fourth-order valence-corrected chi connectivity index (χ4v) is 1.25. The van der Waals surface area contributed by atoms with Crippen molar-refractivity contribution in [1.29, 1.82) is 0 Å². The SMILES string of the molecule is Fc1c[c]c(CC#Cc2ccccc2)[c]c1. The molecule has 0 aliphatic carbocycles. The molecular formula is C15H9F. The lowest BCUT2D eigenvalue weighted by molar-refractivity contribution is 0.626. The molecule has 0 saturated carbocycles. The van der Waals surface area contributed by atoms with Crippen molar-refractivity contribution < 1.29 is 4.39 Å². The molecule has 1 heteroatoms. The lowest BCUT2D eigenvalue weighted by atomic mass is 10.1. The second kappa shape index (κ2) is 5.14. The molecule has 76 valence electrons. The van der Waals surface area contributed by atoms with Gasteiger partial charge in [-0.1, -0.05) is 30.0 Å². The van der Waals surface area contributed by atoms with Gasteiger partial charge in [-0.05, 0) is 42.0 Å². The summed E-state index contributed by atoms with van der Waals surface area (Å²) >= 11 is 0. The van der Waals surface area contributed by atoms with Crippen molar-refractivity contribution in [3.63, 3.8) is 0 Å². The molecule has 16 heavy (non-hydrogen) atoms. The van der Waals surface area contributed by atoms with Crippen LogP contribution in [0.15, 0.2) is 42.5 Å². The first-order valence-corrected chi connectivity index (χ1v) is 4.96. The zero-order valence-corrected chi connectivity index (χ0v) is 8.63. The van der Waals surface area contributed by atoms with E-state index in [0.717, 1.165) is 11.1 Å². The molecule has 2 radical (unpaired) electrons. The van der Waals surface area contributed by atoms with Crippen LogP contribution in [0.3, 0.4) is 0 Å². The molecule has 0 spiro atoms. The van der Waals surface area contributed by atoms with Gasteiger partial charge < -0.3 is 0 Å². The van der Waals surface area contributed by atoms with Gasteiger partial charge in [0.25, 0.3) is 0 Å². The van der Waals surface area contributed by atoms with Crippen LogP contribution in [0.5, 0.6) is 0 Å². The summed E-state index contributed by atoms with van der Waals surface area (Å²) in [5, 5.41) is 0. The maximum absolute atomic E-state index is 12.6. The number of benzene rings is 2. The molecule has 2 rings (SSSR count). The Balaban J connectivity index is 2.03. The normalized spacial score (nSPS) is 9.31. The van der Waals surface area contributed by atoms with Crippen LogP contribution in [0.4, 0.5) is 4.39 Å². The molecule has 0 atom stereocenters. The maximum Gasteiger partial charge on any atom is 0.124 e. The first-order valence-electron chi connectivity index (χ1n) is 4.96. The van der Waals surface area contributed by atoms with Crippen LogP contribution < -0.4 is 0 Å². The van der Waals surface area contributed by atoms with Crippen LogP contribution in [0.2, 0.25) is 0 Å². The first kappa shape index (κ1) is 10.4. The average Bonchev–Trinajstić information content (AvgIpc) is 2.33. The van der Waals surface area contributed by atoms with E-state index in [1.807, 2.05) is 30.3 Å². The van der Waals surface area contributed by atoms with Crippen LogP contribution in [0, 0.1) is 29.8 Å². The molecule has 0 bridgehead atoms. The summed E-state index contributed by atoms with van der Waals surface area (Å²) in [6, 6.07) is 17.9. The van der Waals surface area contributed by atoms with Crippen molar-refractivity contribution in [1.82, 2.24) is 0 Å². The van der Waals surface area contributed by atoms with Gasteiger partial charge in [-0.3, -0.25) is 0 Å². The van der Waals surface area contributed by atoms with Gasteiger partial charge in [0.1, 0.15) is 5.82 Å². The monoisotopic (exact) mass is 208 g/mol. The highest BCUT2D eigenvalue weighted by molar-refractivity contribution is 5.34. The van der Waals surface area contributed by atoms with E-state index in [0.29, 0.717) is 6.42 Å². The third-order valence-corrected chi connectivity index (χ3v) is 2.04. The van der Waals surface area contributed by atoms with E-state index in [1.165, 1.54) is 12.1 Å². The number of hydrogen-bond acceptors (Lipinski definition) is 0. The minimum atomic E-state index is -0.320. The van der Waals surface area contributed by atoms with Crippen molar-refractivity contribution in [3.05, 3.63) is 71.5 Å². The molecule has 0 amide bonds. The van der Waals surface area contributed by atoms with E-state index < -0.39 is 0 Å². The third-order valence-electron chi connectivity index (χ3n) is 2.04. The Morgan fingerprint density at radius 3 is 2.44 bits per heavy atom. The fraction of sp³-hybridized carbons (Fsp3) is 0.0667. The summed E-state index contributed by atoms with van der Waals surface area (Å²) < 4.78 is 12.6. The second-order valence-electron chi connectivity index (χ2n) is 3.29. The molecule has 0 fully saturated rings. The van der Waals surface area contributed by atoms with Crippen molar-refractivity contribution >= 4 is 0 Å². The lowest BCUT2D eigenvalue weighted by Gasteiger charge is -1.92. The highest BCUT2D eigenvalue weighted by atomic mass is 19.1. The predicted octanol–water partition coefficient (Wildman–Crippen LogP) is 3.02. The Morgan fingerprint density at radius 1 is 1.06 bits per heavy atom. The van der Waals surface area contributed by atoms with E-state index in [-0.39, 0.29) is 5.82 Å². The van der Waals surface area contributed by atoms with Crippen molar-refractivity contribution in [2.24, 2.45) is 0 Å². The van der Waals surface area contributed by atoms with Crippen LogP contribution >= 0.6 is 0 Å². The molecule has 2 aromatic rings. The molecule has 2 aromatic carbocycles. The largest absolute Gasteiger partial charge is 0.207 e. The van der Waals surface area contributed by atoms with E-state index in [9.17, 15) is 4.39 Å². The van der Waals surface area contributed by atoms with E-state index >= 15 is 0 Å². The maximum atomic E-state index is 12.6. The van der Waals surface area contributed by atoms with Gasteiger partial charge in [-0.15, -0.1) is 0 Å². The van der Waals surface area contributed by atoms with E-state index in [4.69, 9.17) is 0 Å². The minimum absolute atomic E-state index is 0.320. The standard InChI is InChI=1S/C15H9F/c16-15-11-9-14(10-12-15)8-4-7-13-5-2-1-3-6-13/h1-3,5-6,11-12H,8H2. The summed E-state index contributed by atoms with van der Waals surface area (Å²) in [6.45, 7) is 0. The minimum Gasteiger partial charge on any atom is -0.207 e. The molecule has 0 unspecified atom stereocenters. The van der Waals surface area contributed by atoms with Gasteiger partial charge in [0, 0.05) is 12.0 Å². The Labute approximate surface area is 94.7 Å². The zero-order valence-electron chi connectivity index (χ0n) is 8.63. The predicted molar refractivity (Wildman–Crippen MR) is 61.1 cm³/mol. The van der Waals surface area contributed by atoms with Gasteiger partial charge >= 0.3 is 0 Å². The van der Waals surface area contributed by atoms with Gasteiger partial charge in [0.05, 0.1) is 0 Å². The Bertz CT molecular complexity index is 501. The summed E-state index contributed by atoms with van der Waals surface area (Å²) in [4.78, 5) is 0. The van der Waals surface area contributed by atoms with Gasteiger partial charge in [-0.2, -0.15) is 0 Å². The highest BCUT2D eigenvalue weighted by Gasteiger charge is 1.91. The fourth-order valence-electron chi connectivity index (χ4n) is 1.25. The summed E-state index contributed by atoms with van der Waals surface area (Å²) in [6.07, 6.45) is 0.537. The summed E-state index contributed by atoms with van der Waals surface area (Å²) in [5.74, 6) is 5.71. The number of halogens is 1. The average molecular weight is 208 g/mol. The quantitative estimate of drug-likeness (QED) is 0.632. The Hall–Kier alpha value is -2.07. The van der Waals surface area contributed by atoms with E-state index in [2.05, 4.69) is 24.0 Å². The van der Waals surface area contributed by atoms with Gasteiger partial charge in [0.2, 0.25) is 0 Å². The lowest BCUT2D eigenvalue weighted by Crippen LogP contribution is -1.83. The molecule has 0 N–H and O–H groups in total. The van der Waals surface area contributed by atoms with Gasteiger partial charge in [-0.25, -0.2) is 4.39 Å². The van der Waals surface area contributed by atoms with Crippen molar-refractivity contribution in [2.75, 3.05) is 0 Å². The van der Waals surface area contributed by atoms with E-state index in [1.54, 1.807) is 0 Å². The van der Waals surface area contributed by atoms with Crippen molar-refractivity contribution in [3.8, 4) is 11.8 Å². The smallest absolute Gasteiger partial charge is 0.124 e. The van der Waals surface area contributed by atoms with Crippen LogP contribution in [-0.4, -0.2) is 0 Å². The van der Waals surface area contributed by atoms with Crippen LogP contribution in [0.1, 0.15) is 11.1 Å². The van der Waals surface area contributed by atoms with Crippen LogP contribution in [-0.2, 0) is 6.42 Å².